The van der Waals surface area contributed by atoms with Gasteiger partial charge in [0.25, 0.3) is 0 Å². The van der Waals surface area contributed by atoms with Gasteiger partial charge in [0.05, 0.1) is 11.3 Å². The van der Waals surface area contributed by atoms with E-state index < -0.39 is 5.60 Å². The van der Waals surface area contributed by atoms with Crippen LogP contribution in [0.1, 0.15) is 42.7 Å². The molecule has 2 bridgehead atoms. The molecule has 2 unspecified atom stereocenters. The van der Waals surface area contributed by atoms with Crippen molar-refractivity contribution < 1.29 is 9.63 Å². The first-order valence-corrected chi connectivity index (χ1v) is 6.84. The van der Waals surface area contributed by atoms with Crippen molar-refractivity contribution in [2.45, 2.75) is 55.6 Å². The van der Waals surface area contributed by atoms with Crippen LogP contribution in [0.3, 0.4) is 0 Å². The average molecular weight is 239 g/mol. The Morgan fingerprint density at radius 3 is 2.44 bits per heavy atom. The Bertz CT molecular complexity index is 384. The number of nitrogens with zero attached hydrogens (tertiary/aromatic N) is 1. The molecule has 1 aromatic rings. The maximum absolute atomic E-state index is 10.9. The van der Waals surface area contributed by atoms with E-state index in [1.807, 2.05) is 13.8 Å². The van der Waals surface area contributed by atoms with Crippen molar-refractivity contribution in [3.05, 3.63) is 17.0 Å². The average Bonchev–Trinajstić information content (AvgIpc) is 2.71. The molecule has 3 heterocycles. The smallest absolute Gasteiger partial charge is 0.140 e. The van der Waals surface area contributed by atoms with Crippen molar-refractivity contribution in [3.63, 3.8) is 0 Å². The topological polar surface area (TPSA) is 46.3 Å². The first-order valence-electron chi connectivity index (χ1n) is 5.90. The van der Waals surface area contributed by atoms with Crippen molar-refractivity contribution >= 4 is 11.8 Å². The molecule has 2 fully saturated rings. The number of thioether (sulfide) groups is 1. The number of rotatable bonds is 1. The fraction of sp³-hybridized carbons (Fsp3) is 0.750. The second kappa shape index (κ2) is 3.50. The van der Waals surface area contributed by atoms with E-state index in [2.05, 4.69) is 16.9 Å². The predicted molar refractivity (Wildman–Crippen MR) is 63.5 cm³/mol. The van der Waals surface area contributed by atoms with Gasteiger partial charge in [-0.05, 0) is 39.5 Å². The molecule has 2 saturated heterocycles. The minimum atomic E-state index is -0.689. The van der Waals surface area contributed by atoms with Crippen LogP contribution >= 0.6 is 11.8 Å². The maximum Gasteiger partial charge on any atom is 0.140 e. The lowest BCUT2D eigenvalue weighted by molar-refractivity contribution is 0.0178. The van der Waals surface area contributed by atoms with Gasteiger partial charge in [0.15, 0.2) is 0 Å². The summed E-state index contributed by atoms with van der Waals surface area (Å²) in [5.41, 5.74) is 1.11. The van der Waals surface area contributed by atoms with Gasteiger partial charge in [-0.3, -0.25) is 0 Å². The summed E-state index contributed by atoms with van der Waals surface area (Å²) in [5, 5.41) is 16.1. The van der Waals surface area contributed by atoms with Crippen LogP contribution in [0.4, 0.5) is 0 Å². The molecule has 0 saturated carbocycles. The van der Waals surface area contributed by atoms with Crippen LogP contribution in [0, 0.1) is 13.8 Å². The van der Waals surface area contributed by atoms with E-state index in [-0.39, 0.29) is 0 Å². The van der Waals surface area contributed by atoms with Gasteiger partial charge in [0, 0.05) is 16.1 Å². The van der Waals surface area contributed by atoms with Gasteiger partial charge in [-0.25, -0.2) is 0 Å². The Morgan fingerprint density at radius 2 is 1.94 bits per heavy atom. The Hall–Kier alpha value is -0.480. The number of hydrogen-bond acceptors (Lipinski definition) is 4. The molecule has 88 valence electrons. The molecule has 1 aromatic heterocycles. The van der Waals surface area contributed by atoms with Crippen LogP contribution in [0.25, 0.3) is 0 Å². The van der Waals surface area contributed by atoms with Crippen LogP contribution in [0.5, 0.6) is 0 Å². The van der Waals surface area contributed by atoms with Gasteiger partial charge in [-0.2, -0.15) is 11.8 Å². The SMILES string of the molecule is Cc1noc(C)c1C1(O)CC2CCC(C1)S2. The van der Waals surface area contributed by atoms with Gasteiger partial charge in [0.1, 0.15) is 5.76 Å². The van der Waals surface area contributed by atoms with Gasteiger partial charge in [0.2, 0.25) is 0 Å². The molecule has 2 aliphatic heterocycles. The summed E-state index contributed by atoms with van der Waals surface area (Å²) >= 11 is 2.05. The molecule has 4 heteroatoms. The maximum atomic E-state index is 10.9. The highest BCUT2D eigenvalue weighted by Gasteiger charge is 2.46. The minimum absolute atomic E-state index is 0.623. The Kier molecular flexibility index (Phi) is 2.33. The molecule has 1 N–H and O–H groups in total. The third-order valence-corrected chi connectivity index (χ3v) is 5.40. The van der Waals surface area contributed by atoms with Gasteiger partial charge in [-0.1, -0.05) is 5.16 Å². The lowest BCUT2D eigenvalue weighted by atomic mass is 9.85. The molecule has 0 spiro atoms. The summed E-state index contributed by atoms with van der Waals surface area (Å²) < 4.78 is 5.19. The van der Waals surface area contributed by atoms with E-state index >= 15 is 0 Å². The number of aryl methyl sites for hydroxylation is 2. The summed E-state index contributed by atoms with van der Waals surface area (Å²) in [6, 6.07) is 0. The van der Waals surface area contributed by atoms with Gasteiger partial charge < -0.3 is 9.63 Å². The van der Waals surface area contributed by atoms with Crippen molar-refractivity contribution in [2.24, 2.45) is 0 Å². The fourth-order valence-corrected chi connectivity index (χ4v) is 5.10. The van der Waals surface area contributed by atoms with E-state index in [1.54, 1.807) is 0 Å². The van der Waals surface area contributed by atoms with Crippen molar-refractivity contribution in [1.29, 1.82) is 0 Å². The van der Waals surface area contributed by atoms with Crippen molar-refractivity contribution in [2.75, 3.05) is 0 Å². The molecule has 0 aliphatic carbocycles. The zero-order chi connectivity index (χ0) is 11.3. The van der Waals surface area contributed by atoms with Crippen LogP contribution < -0.4 is 0 Å². The lowest BCUT2D eigenvalue weighted by Gasteiger charge is -2.36. The normalized spacial score (nSPS) is 37.9. The van der Waals surface area contributed by atoms with Gasteiger partial charge in [-0.15, -0.1) is 0 Å². The monoisotopic (exact) mass is 239 g/mol. The molecule has 3 rings (SSSR count). The molecule has 0 aromatic carbocycles. The Balaban J connectivity index is 1.99. The van der Waals surface area contributed by atoms with Crippen LogP contribution in [-0.4, -0.2) is 20.8 Å². The standard InChI is InChI=1S/C12H17NO2S/c1-7-11(8(2)15-13-7)12(14)5-9-3-4-10(6-12)16-9/h9-10,14H,3-6H2,1-2H3. The first-order chi connectivity index (χ1) is 7.58. The van der Waals surface area contributed by atoms with Crippen molar-refractivity contribution in [1.82, 2.24) is 5.16 Å². The van der Waals surface area contributed by atoms with E-state index in [9.17, 15) is 5.11 Å². The molecule has 0 amide bonds. The second-order valence-electron chi connectivity index (χ2n) is 5.10. The summed E-state index contributed by atoms with van der Waals surface area (Å²) in [7, 11) is 0. The first kappa shape index (κ1) is 10.7. The third-order valence-electron chi connectivity index (χ3n) is 3.82. The summed E-state index contributed by atoms with van der Waals surface area (Å²) in [6.45, 7) is 3.82. The quantitative estimate of drug-likeness (QED) is 0.818. The molecule has 16 heavy (non-hydrogen) atoms. The summed E-state index contributed by atoms with van der Waals surface area (Å²) in [5.74, 6) is 0.784. The molecule has 2 atom stereocenters. The van der Waals surface area contributed by atoms with Crippen LogP contribution in [-0.2, 0) is 5.60 Å². The van der Waals surface area contributed by atoms with E-state index in [0.29, 0.717) is 10.5 Å². The highest BCUT2D eigenvalue weighted by atomic mass is 32.2. The summed E-state index contributed by atoms with van der Waals surface area (Å²) in [4.78, 5) is 0. The predicted octanol–water partition coefficient (Wildman–Crippen LogP) is 2.54. The number of hydrogen-bond donors (Lipinski definition) is 1. The van der Waals surface area contributed by atoms with Crippen molar-refractivity contribution in [3.8, 4) is 0 Å². The fourth-order valence-electron chi connectivity index (χ4n) is 3.27. The zero-order valence-electron chi connectivity index (χ0n) is 9.69. The van der Waals surface area contributed by atoms with E-state index in [1.165, 1.54) is 12.8 Å². The second-order valence-corrected chi connectivity index (χ2v) is 6.70. The lowest BCUT2D eigenvalue weighted by Crippen LogP contribution is -2.35. The highest BCUT2D eigenvalue weighted by molar-refractivity contribution is 8.00. The Morgan fingerprint density at radius 1 is 1.31 bits per heavy atom. The number of aliphatic hydroxyl groups is 1. The molecule has 3 nitrogen and oxygen atoms in total. The number of aromatic nitrogens is 1. The largest absolute Gasteiger partial charge is 0.385 e. The minimum Gasteiger partial charge on any atom is -0.385 e. The molecule has 2 aliphatic rings. The zero-order valence-corrected chi connectivity index (χ0v) is 10.5. The number of fused-ring (bicyclic) bond motifs is 2. The molecule has 0 radical (unpaired) electrons. The highest BCUT2D eigenvalue weighted by Crippen LogP contribution is 2.52. The molecular formula is C12H17NO2S. The van der Waals surface area contributed by atoms with Crippen LogP contribution in [0.15, 0.2) is 4.52 Å². The Labute approximate surface area is 99.6 Å². The van der Waals surface area contributed by atoms with Crippen LogP contribution in [0.2, 0.25) is 0 Å². The van der Waals surface area contributed by atoms with Gasteiger partial charge >= 0.3 is 0 Å². The van der Waals surface area contributed by atoms with E-state index in [0.717, 1.165) is 29.9 Å². The summed E-state index contributed by atoms with van der Waals surface area (Å²) in [6.07, 6.45) is 4.22. The van der Waals surface area contributed by atoms with E-state index in [4.69, 9.17) is 4.52 Å². The third kappa shape index (κ3) is 1.51. The molecular weight excluding hydrogens is 222 g/mol.